The van der Waals surface area contributed by atoms with E-state index in [1.165, 1.54) is 0 Å². The van der Waals surface area contributed by atoms with Gasteiger partial charge >= 0.3 is 0 Å². The zero-order valence-corrected chi connectivity index (χ0v) is 17.8. The Morgan fingerprint density at radius 2 is 1.45 bits per heavy atom. The highest BCUT2D eigenvalue weighted by molar-refractivity contribution is 7.80. The molecule has 0 amide bonds. The van der Waals surface area contributed by atoms with E-state index in [4.69, 9.17) is 14.4 Å². The Balaban J connectivity index is 1.82. The Labute approximate surface area is 176 Å². The van der Waals surface area contributed by atoms with Crippen LogP contribution in [0.4, 0.5) is 5.69 Å². The van der Waals surface area contributed by atoms with Crippen molar-refractivity contribution in [1.82, 2.24) is 0 Å². The minimum absolute atomic E-state index is 0.134. The molecule has 1 unspecified atom stereocenters. The van der Waals surface area contributed by atoms with Crippen molar-refractivity contribution in [2.45, 2.75) is 30.6 Å². The molecular weight excluding hydrogens is 386 g/mol. The summed E-state index contributed by atoms with van der Waals surface area (Å²) in [6.07, 6.45) is 7.64. The summed E-state index contributed by atoms with van der Waals surface area (Å²) in [5.41, 5.74) is 3.18. The summed E-state index contributed by atoms with van der Waals surface area (Å²) in [4.78, 5) is 2.66. The fourth-order valence-corrected chi connectivity index (χ4v) is 3.54. The second-order valence-electron chi connectivity index (χ2n) is 6.83. The molecule has 0 saturated carbocycles. The second-order valence-corrected chi connectivity index (χ2v) is 8.01. The lowest BCUT2D eigenvalue weighted by molar-refractivity contribution is 0.277. The van der Waals surface area contributed by atoms with Gasteiger partial charge in [0.1, 0.15) is 0 Å². The van der Waals surface area contributed by atoms with Gasteiger partial charge < -0.3 is 15.1 Å². The quantitative estimate of drug-likeness (QED) is 0.382. The molecule has 5 nitrogen and oxygen atoms in total. The van der Waals surface area contributed by atoms with Crippen molar-refractivity contribution in [2.24, 2.45) is 0 Å². The van der Waals surface area contributed by atoms with Gasteiger partial charge in [-0.2, -0.15) is 0 Å². The van der Waals surface area contributed by atoms with Crippen molar-refractivity contribution in [3.63, 3.8) is 0 Å². The molecule has 29 heavy (non-hydrogen) atoms. The van der Waals surface area contributed by atoms with E-state index < -0.39 is 11.1 Å². The van der Waals surface area contributed by atoms with Crippen LogP contribution < -0.4 is 4.90 Å². The first-order valence-electron chi connectivity index (χ1n) is 10.00. The van der Waals surface area contributed by atoms with E-state index in [2.05, 4.69) is 0 Å². The van der Waals surface area contributed by atoms with Crippen LogP contribution in [0.15, 0.2) is 53.4 Å². The SMILES string of the molecule is CN(CCO)c1ccc(C=Cc2ccc(S(=O)OCCCCCCO)cc2)cc1. The molecule has 0 heterocycles. The average molecular weight is 418 g/mol. The summed E-state index contributed by atoms with van der Waals surface area (Å²) in [5.74, 6) is 0. The number of nitrogens with zero attached hydrogens (tertiary/aromatic N) is 1. The molecule has 0 spiro atoms. The molecule has 2 aromatic rings. The van der Waals surface area contributed by atoms with Crippen LogP contribution in [0.5, 0.6) is 0 Å². The number of rotatable bonds is 13. The summed E-state index contributed by atoms with van der Waals surface area (Å²) < 4.78 is 17.6. The average Bonchev–Trinajstić information content (AvgIpc) is 2.75. The minimum atomic E-state index is -1.44. The van der Waals surface area contributed by atoms with E-state index in [1.54, 1.807) is 0 Å². The molecule has 0 radical (unpaired) electrons. The maximum Gasteiger partial charge on any atom is 0.189 e. The number of aliphatic hydroxyl groups excluding tert-OH is 2. The van der Waals surface area contributed by atoms with Gasteiger partial charge in [-0.25, -0.2) is 4.21 Å². The van der Waals surface area contributed by atoms with Gasteiger partial charge in [0.2, 0.25) is 0 Å². The summed E-state index contributed by atoms with van der Waals surface area (Å²) in [5, 5.41) is 17.8. The Morgan fingerprint density at radius 3 is 2.03 bits per heavy atom. The largest absolute Gasteiger partial charge is 0.396 e. The first-order chi connectivity index (χ1) is 14.1. The first kappa shape index (κ1) is 23.3. The van der Waals surface area contributed by atoms with Crippen LogP contribution in [-0.4, -0.2) is 47.8 Å². The number of hydrogen-bond acceptors (Lipinski definition) is 5. The number of hydrogen-bond donors (Lipinski definition) is 2. The van der Waals surface area contributed by atoms with Gasteiger partial charge in [-0.1, -0.05) is 49.3 Å². The maximum atomic E-state index is 12.2. The third kappa shape index (κ3) is 8.50. The van der Waals surface area contributed by atoms with Crippen LogP contribution in [0.1, 0.15) is 36.8 Å². The zero-order valence-electron chi connectivity index (χ0n) is 17.0. The highest BCUT2D eigenvalue weighted by atomic mass is 32.2. The summed E-state index contributed by atoms with van der Waals surface area (Å²) in [6.45, 7) is 1.43. The van der Waals surface area contributed by atoms with Crippen LogP contribution in [-0.2, 0) is 15.3 Å². The Morgan fingerprint density at radius 1 is 0.862 bits per heavy atom. The molecule has 158 valence electrons. The smallest absolute Gasteiger partial charge is 0.189 e. The predicted molar refractivity (Wildman–Crippen MR) is 120 cm³/mol. The monoisotopic (exact) mass is 417 g/mol. The van der Waals surface area contributed by atoms with Crippen molar-refractivity contribution >= 4 is 28.9 Å². The molecule has 1 atom stereocenters. The Bertz CT molecular complexity index is 759. The number of likely N-dealkylation sites (N-methyl/N-ethyl adjacent to an activating group) is 1. The van der Waals surface area contributed by atoms with Crippen LogP contribution in [0.3, 0.4) is 0 Å². The predicted octanol–water partition coefficient (Wildman–Crippen LogP) is 3.88. The number of benzene rings is 2. The Kier molecular flexibility index (Phi) is 10.7. The van der Waals surface area contributed by atoms with Crippen LogP contribution in [0.2, 0.25) is 0 Å². The van der Waals surface area contributed by atoms with Gasteiger partial charge in [0.25, 0.3) is 0 Å². The van der Waals surface area contributed by atoms with E-state index in [9.17, 15) is 4.21 Å². The fourth-order valence-electron chi connectivity index (χ4n) is 2.77. The van der Waals surface area contributed by atoms with Crippen molar-refractivity contribution in [2.75, 3.05) is 38.3 Å². The van der Waals surface area contributed by atoms with E-state index in [0.29, 0.717) is 18.0 Å². The summed E-state index contributed by atoms with van der Waals surface area (Å²) in [6, 6.07) is 15.7. The van der Waals surface area contributed by atoms with Crippen molar-refractivity contribution in [1.29, 1.82) is 0 Å². The van der Waals surface area contributed by atoms with Gasteiger partial charge in [0.15, 0.2) is 11.1 Å². The molecule has 2 rings (SSSR count). The minimum Gasteiger partial charge on any atom is -0.396 e. The van der Waals surface area contributed by atoms with Gasteiger partial charge in [-0.15, -0.1) is 0 Å². The van der Waals surface area contributed by atoms with Crippen LogP contribution >= 0.6 is 0 Å². The van der Waals surface area contributed by atoms with Gasteiger partial charge in [-0.3, -0.25) is 4.18 Å². The van der Waals surface area contributed by atoms with Crippen molar-refractivity contribution in [3.8, 4) is 0 Å². The van der Waals surface area contributed by atoms with Crippen LogP contribution in [0.25, 0.3) is 12.2 Å². The van der Waals surface area contributed by atoms with E-state index >= 15 is 0 Å². The molecule has 0 aromatic heterocycles. The third-order valence-corrected chi connectivity index (χ3v) is 5.59. The van der Waals surface area contributed by atoms with Gasteiger partial charge in [0, 0.05) is 25.9 Å². The number of aliphatic hydroxyl groups is 2. The lowest BCUT2D eigenvalue weighted by Gasteiger charge is -2.17. The standard InChI is InChI=1S/C23H31NO4S/c1-24(16-18-26)22-12-8-20(9-13-22)6-7-21-10-14-23(15-11-21)29(27)28-19-5-3-2-4-17-25/h6-15,25-26H,2-5,16-19H2,1H3. The molecule has 2 aromatic carbocycles. The van der Waals surface area contributed by atoms with Crippen molar-refractivity contribution in [3.05, 3.63) is 59.7 Å². The van der Waals surface area contributed by atoms with E-state index in [1.807, 2.05) is 72.6 Å². The van der Waals surface area contributed by atoms with E-state index in [0.717, 1.165) is 42.5 Å². The highest BCUT2D eigenvalue weighted by Crippen LogP contribution is 2.17. The summed E-state index contributed by atoms with van der Waals surface area (Å²) >= 11 is -1.44. The topological polar surface area (TPSA) is 70.0 Å². The number of unbranched alkanes of at least 4 members (excludes halogenated alkanes) is 3. The molecule has 0 aliphatic heterocycles. The summed E-state index contributed by atoms with van der Waals surface area (Å²) in [7, 11) is 1.95. The first-order valence-corrected chi connectivity index (χ1v) is 11.1. The van der Waals surface area contributed by atoms with E-state index in [-0.39, 0.29) is 13.2 Å². The lowest BCUT2D eigenvalue weighted by atomic mass is 10.1. The number of anilines is 1. The highest BCUT2D eigenvalue weighted by Gasteiger charge is 2.04. The van der Waals surface area contributed by atoms with Gasteiger partial charge in [-0.05, 0) is 48.2 Å². The normalized spacial score (nSPS) is 12.4. The Hall–Kier alpha value is -1.99. The molecule has 0 aliphatic rings. The molecule has 2 N–H and O–H groups in total. The van der Waals surface area contributed by atoms with Gasteiger partial charge in [0.05, 0.1) is 18.1 Å². The van der Waals surface area contributed by atoms with Crippen LogP contribution in [0, 0.1) is 0 Å². The third-order valence-electron chi connectivity index (χ3n) is 4.55. The molecule has 0 fully saturated rings. The molecule has 6 heteroatoms. The zero-order chi connectivity index (χ0) is 20.9. The second kappa shape index (κ2) is 13.3. The molecular formula is C23H31NO4S. The maximum absolute atomic E-state index is 12.2. The molecule has 0 bridgehead atoms. The molecule has 0 aliphatic carbocycles. The fraction of sp³-hybridized carbons (Fsp3) is 0.391. The van der Waals surface area contributed by atoms with Crippen molar-refractivity contribution < 1.29 is 18.6 Å². The molecule has 0 saturated heterocycles. The lowest BCUT2D eigenvalue weighted by Crippen LogP contribution is -2.20.